The Hall–Kier alpha value is -1.84. The van der Waals surface area contributed by atoms with Crippen LogP contribution in [-0.2, 0) is 11.3 Å². The van der Waals surface area contributed by atoms with Gasteiger partial charge in [-0.2, -0.15) is 0 Å². The van der Waals surface area contributed by atoms with E-state index < -0.39 is 0 Å². The fraction of sp³-hybridized carbons (Fsp3) is 0.118. The Morgan fingerprint density at radius 1 is 1.14 bits per heavy atom. The van der Waals surface area contributed by atoms with Gasteiger partial charge in [-0.3, -0.25) is 0 Å². The van der Waals surface area contributed by atoms with Gasteiger partial charge in [-0.1, -0.05) is 41.4 Å². The minimum Gasteiger partial charge on any atom is -0.457 e. The first-order valence-electron chi connectivity index (χ1n) is 6.53. The predicted molar refractivity (Wildman–Crippen MR) is 87.1 cm³/mol. The van der Waals surface area contributed by atoms with Crippen LogP contribution in [0.25, 0.3) is 10.1 Å². The lowest BCUT2D eigenvalue weighted by atomic mass is 10.2. The zero-order valence-corrected chi connectivity index (χ0v) is 13.0. The topological polar surface area (TPSA) is 26.3 Å². The molecular formula is C17H13ClO2S. The van der Waals surface area contributed by atoms with Crippen molar-refractivity contribution < 1.29 is 9.53 Å². The van der Waals surface area contributed by atoms with Crippen molar-refractivity contribution >= 4 is 39.0 Å². The maximum Gasteiger partial charge on any atom is 0.348 e. The Balaban J connectivity index is 1.73. The van der Waals surface area contributed by atoms with Crippen molar-refractivity contribution in [1.82, 2.24) is 0 Å². The molecular weight excluding hydrogens is 304 g/mol. The number of carbonyl (C=O) groups is 1. The van der Waals surface area contributed by atoms with Crippen LogP contribution in [0.5, 0.6) is 0 Å². The molecule has 1 aromatic heterocycles. The molecule has 3 rings (SSSR count). The molecule has 0 saturated heterocycles. The normalized spacial score (nSPS) is 10.8. The summed E-state index contributed by atoms with van der Waals surface area (Å²) in [5.74, 6) is -0.288. The number of fused-ring (bicyclic) bond motifs is 1. The van der Waals surface area contributed by atoms with Crippen LogP contribution in [0.15, 0.2) is 48.5 Å². The van der Waals surface area contributed by atoms with Crippen molar-refractivity contribution in [2.24, 2.45) is 0 Å². The van der Waals surface area contributed by atoms with Crippen molar-refractivity contribution in [1.29, 1.82) is 0 Å². The van der Waals surface area contributed by atoms with E-state index in [9.17, 15) is 4.79 Å². The fourth-order valence-electron chi connectivity index (χ4n) is 2.06. The van der Waals surface area contributed by atoms with Crippen molar-refractivity contribution in [3.8, 4) is 0 Å². The summed E-state index contributed by atoms with van der Waals surface area (Å²) in [6.45, 7) is 2.29. The highest BCUT2D eigenvalue weighted by atomic mass is 35.5. The molecule has 0 bridgehead atoms. The molecule has 0 aliphatic rings. The molecule has 0 fully saturated rings. The van der Waals surface area contributed by atoms with Gasteiger partial charge in [0.1, 0.15) is 11.5 Å². The summed E-state index contributed by atoms with van der Waals surface area (Å²) in [7, 11) is 0. The van der Waals surface area contributed by atoms with Crippen LogP contribution in [0.2, 0.25) is 5.02 Å². The van der Waals surface area contributed by atoms with Crippen LogP contribution < -0.4 is 0 Å². The minimum atomic E-state index is -0.288. The molecule has 0 radical (unpaired) electrons. The summed E-state index contributed by atoms with van der Waals surface area (Å²) in [4.78, 5) is 12.7. The average Bonchev–Trinajstić information content (AvgIpc) is 2.89. The van der Waals surface area contributed by atoms with Crippen molar-refractivity contribution in [3.63, 3.8) is 0 Å². The SMILES string of the molecule is Cc1ccc2sc(C(=O)OCc3ccc(Cl)cc3)cc2c1. The Kier molecular flexibility index (Phi) is 3.95. The predicted octanol–water partition coefficient (Wildman–Crippen LogP) is 5.22. The van der Waals surface area contributed by atoms with Crippen LogP contribution in [0.1, 0.15) is 20.8 Å². The Bertz CT molecular complexity index is 790. The van der Waals surface area contributed by atoms with Gasteiger partial charge in [0.05, 0.1) is 0 Å². The van der Waals surface area contributed by atoms with Crippen LogP contribution in [0.3, 0.4) is 0 Å². The summed E-state index contributed by atoms with van der Waals surface area (Å²) in [5.41, 5.74) is 2.10. The molecule has 0 aliphatic carbocycles. The maximum absolute atomic E-state index is 12.1. The molecule has 0 aliphatic heterocycles. The zero-order chi connectivity index (χ0) is 14.8. The van der Waals surface area contributed by atoms with Gasteiger partial charge in [-0.15, -0.1) is 11.3 Å². The molecule has 3 aromatic rings. The molecule has 2 aromatic carbocycles. The first kappa shape index (κ1) is 14.1. The lowest BCUT2D eigenvalue weighted by molar-refractivity contribution is 0.0478. The lowest BCUT2D eigenvalue weighted by Gasteiger charge is -2.03. The van der Waals surface area contributed by atoms with Crippen molar-refractivity contribution in [3.05, 3.63) is 69.6 Å². The second-order valence-corrected chi connectivity index (χ2v) is 6.37. The highest BCUT2D eigenvalue weighted by Gasteiger charge is 2.12. The minimum absolute atomic E-state index is 0.253. The van der Waals surface area contributed by atoms with E-state index >= 15 is 0 Å². The molecule has 4 heteroatoms. The average molecular weight is 317 g/mol. The highest BCUT2D eigenvalue weighted by Crippen LogP contribution is 2.27. The molecule has 0 N–H and O–H groups in total. The molecule has 0 saturated carbocycles. The third-order valence-electron chi connectivity index (χ3n) is 3.16. The van der Waals surface area contributed by atoms with Crippen molar-refractivity contribution in [2.45, 2.75) is 13.5 Å². The van der Waals surface area contributed by atoms with E-state index in [0.717, 1.165) is 15.6 Å². The van der Waals surface area contributed by atoms with E-state index in [-0.39, 0.29) is 12.6 Å². The number of hydrogen-bond acceptors (Lipinski definition) is 3. The number of halogens is 1. The Labute approximate surface area is 131 Å². The van der Waals surface area contributed by atoms with Gasteiger partial charge in [-0.25, -0.2) is 4.79 Å². The van der Waals surface area contributed by atoms with Gasteiger partial charge in [-0.05, 0) is 42.1 Å². The number of thiophene rings is 1. The summed E-state index contributed by atoms with van der Waals surface area (Å²) in [5, 5.41) is 1.75. The van der Waals surface area contributed by atoms with Gasteiger partial charge >= 0.3 is 5.97 Å². The monoisotopic (exact) mass is 316 g/mol. The second-order valence-electron chi connectivity index (χ2n) is 4.85. The van der Waals surface area contributed by atoms with Crippen LogP contribution in [-0.4, -0.2) is 5.97 Å². The molecule has 0 unspecified atom stereocenters. The highest BCUT2D eigenvalue weighted by molar-refractivity contribution is 7.20. The van der Waals surface area contributed by atoms with Crippen LogP contribution >= 0.6 is 22.9 Å². The summed E-state index contributed by atoms with van der Waals surface area (Å²) < 4.78 is 6.44. The Morgan fingerprint density at radius 2 is 1.90 bits per heavy atom. The molecule has 0 amide bonds. The van der Waals surface area contributed by atoms with E-state index in [0.29, 0.717) is 9.90 Å². The first-order chi connectivity index (χ1) is 10.1. The number of esters is 1. The maximum atomic E-state index is 12.1. The van der Waals surface area contributed by atoms with Gasteiger partial charge in [0, 0.05) is 9.72 Å². The van der Waals surface area contributed by atoms with E-state index in [1.54, 1.807) is 12.1 Å². The zero-order valence-electron chi connectivity index (χ0n) is 11.4. The van der Waals surface area contributed by atoms with E-state index in [4.69, 9.17) is 16.3 Å². The molecule has 2 nitrogen and oxygen atoms in total. The second kappa shape index (κ2) is 5.88. The first-order valence-corrected chi connectivity index (χ1v) is 7.73. The van der Waals surface area contributed by atoms with E-state index in [1.165, 1.54) is 16.9 Å². The third-order valence-corrected chi connectivity index (χ3v) is 4.50. The number of ether oxygens (including phenoxy) is 1. The Morgan fingerprint density at radius 3 is 2.67 bits per heavy atom. The molecule has 0 atom stereocenters. The number of aryl methyl sites for hydroxylation is 1. The van der Waals surface area contributed by atoms with Crippen LogP contribution in [0.4, 0.5) is 0 Å². The lowest BCUT2D eigenvalue weighted by Crippen LogP contribution is -2.02. The smallest absolute Gasteiger partial charge is 0.348 e. The largest absolute Gasteiger partial charge is 0.457 e. The number of benzene rings is 2. The number of rotatable bonds is 3. The fourth-order valence-corrected chi connectivity index (χ4v) is 3.13. The van der Waals surface area contributed by atoms with Crippen LogP contribution in [0, 0.1) is 6.92 Å². The van der Waals surface area contributed by atoms with E-state index in [1.807, 2.05) is 37.3 Å². The standard InChI is InChI=1S/C17H13ClO2S/c1-11-2-7-15-13(8-11)9-16(21-15)17(19)20-10-12-3-5-14(18)6-4-12/h2-9H,10H2,1H3. The van der Waals surface area contributed by atoms with E-state index in [2.05, 4.69) is 6.07 Å². The molecule has 0 spiro atoms. The van der Waals surface area contributed by atoms with Gasteiger partial charge < -0.3 is 4.74 Å². The molecule has 21 heavy (non-hydrogen) atoms. The summed E-state index contributed by atoms with van der Waals surface area (Å²) in [6, 6.07) is 15.3. The molecule has 106 valence electrons. The third kappa shape index (κ3) is 3.26. The quantitative estimate of drug-likeness (QED) is 0.619. The van der Waals surface area contributed by atoms with Gasteiger partial charge in [0.2, 0.25) is 0 Å². The van der Waals surface area contributed by atoms with Crippen molar-refractivity contribution in [2.75, 3.05) is 0 Å². The number of hydrogen-bond donors (Lipinski definition) is 0. The molecule has 1 heterocycles. The van der Waals surface area contributed by atoms with Gasteiger partial charge in [0.25, 0.3) is 0 Å². The summed E-state index contributed by atoms with van der Waals surface area (Å²) >= 11 is 7.28. The summed E-state index contributed by atoms with van der Waals surface area (Å²) in [6.07, 6.45) is 0. The van der Waals surface area contributed by atoms with Gasteiger partial charge in [0.15, 0.2) is 0 Å². The number of carbonyl (C=O) groups excluding carboxylic acids is 1.